The van der Waals surface area contributed by atoms with Gasteiger partial charge >= 0.3 is 0 Å². The predicted octanol–water partition coefficient (Wildman–Crippen LogP) is 2.85. The number of carbonyl (C=O) groups excluding carboxylic acids is 1. The van der Waals surface area contributed by atoms with Crippen LogP contribution in [0.3, 0.4) is 0 Å². The van der Waals surface area contributed by atoms with Crippen molar-refractivity contribution < 1.29 is 14.5 Å². The van der Waals surface area contributed by atoms with Crippen molar-refractivity contribution in [2.75, 3.05) is 6.61 Å². The summed E-state index contributed by atoms with van der Waals surface area (Å²) in [6.45, 7) is 1.74. The fourth-order valence-corrected chi connectivity index (χ4v) is 1.92. The number of carbonyl (C=O) groups is 1. The number of amides is 1. The molecule has 2 rings (SSSR count). The lowest BCUT2D eigenvalue weighted by Gasteiger charge is -2.14. The van der Waals surface area contributed by atoms with Crippen molar-refractivity contribution in [2.45, 2.75) is 13.0 Å². The summed E-state index contributed by atoms with van der Waals surface area (Å²) < 4.78 is 5.30. The number of nitrogens with zero attached hydrogens (tertiary/aromatic N) is 1. The molecule has 0 radical (unpaired) electrons. The minimum atomic E-state index is -0.488. The molecule has 0 saturated heterocycles. The van der Waals surface area contributed by atoms with Crippen molar-refractivity contribution in [3.8, 4) is 5.75 Å². The molecule has 0 aliphatic carbocycles. The third-order valence-electron chi connectivity index (χ3n) is 3.09. The summed E-state index contributed by atoms with van der Waals surface area (Å²) in [5.74, 6) is 0.155. The number of rotatable bonds is 6. The second-order valence-electron chi connectivity index (χ2n) is 4.74. The van der Waals surface area contributed by atoms with Gasteiger partial charge in [-0.3, -0.25) is 14.9 Å². The van der Waals surface area contributed by atoms with Crippen LogP contribution in [0.15, 0.2) is 54.6 Å². The lowest BCUT2D eigenvalue weighted by atomic mass is 10.1. The van der Waals surface area contributed by atoms with Gasteiger partial charge in [0.15, 0.2) is 6.61 Å². The molecule has 22 heavy (non-hydrogen) atoms. The number of nitro benzene ring substituents is 1. The zero-order chi connectivity index (χ0) is 15.9. The first kappa shape index (κ1) is 15.5. The molecule has 2 aromatic carbocycles. The average molecular weight is 300 g/mol. The minimum Gasteiger partial charge on any atom is -0.484 e. The largest absolute Gasteiger partial charge is 0.484 e. The Bertz CT molecular complexity index is 641. The van der Waals surface area contributed by atoms with Crippen LogP contribution in [0.2, 0.25) is 0 Å². The van der Waals surface area contributed by atoms with E-state index in [1.165, 1.54) is 24.3 Å². The van der Waals surface area contributed by atoms with Crippen molar-refractivity contribution in [1.29, 1.82) is 0 Å². The molecule has 0 aromatic heterocycles. The molecule has 0 heterocycles. The van der Waals surface area contributed by atoms with Gasteiger partial charge in [-0.25, -0.2) is 0 Å². The quantitative estimate of drug-likeness (QED) is 0.657. The van der Waals surface area contributed by atoms with Crippen molar-refractivity contribution in [3.63, 3.8) is 0 Å². The van der Waals surface area contributed by atoms with Crippen LogP contribution < -0.4 is 10.1 Å². The average Bonchev–Trinajstić information content (AvgIpc) is 2.54. The van der Waals surface area contributed by atoms with E-state index in [0.29, 0.717) is 5.75 Å². The Balaban J connectivity index is 1.83. The Morgan fingerprint density at radius 3 is 2.41 bits per heavy atom. The molecule has 0 aliphatic heterocycles. The summed E-state index contributed by atoms with van der Waals surface area (Å²) in [5, 5.41) is 13.4. The first-order valence-corrected chi connectivity index (χ1v) is 6.78. The molecule has 6 heteroatoms. The second kappa shape index (κ2) is 7.21. The van der Waals surface area contributed by atoms with E-state index < -0.39 is 4.92 Å². The highest BCUT2D eigenvalue weighted by molar-refractivity contribution is 5.78. The molecule has 0 saturated carbocycles. The van der Waals surface area contributed by atoms with Gasteiger partial charge < -0.3 is 10.1 Å². The van der Waals surface area contributed by atoms with Crippen molar-refractivity contribution in [2.24, 2.45) is 0 Å². The van der Waals surface area contributed by atoms with E-state index in [9.17, 15) is 14.9 Å². The minimum absolute atomic E-state index is 0.0190. The summed E-state index contributed by atoms with van der Waals surface area (Å²) in [7, 11) is 0. The summed E-state index contributed by atoms with van der Waals surface area (Å²) in [4.78, 5) is 21.9. The third-order valence-corrected chi connectivity index (χ3v) is 3.09. The molecule has 0 spiro atoms. The molecule has 1 amide bonds. The molecule has 0 fully saturated rings. The van der Waals surface area contributed by atoms with Gasteiger partial charge in [0.1, 0.15) is 5.75 Å². The highest BCUT2D eigenvalue weighted by atomic mass is 16.6. The Kier molecular flexibility index (Phi) is 5.08. The third kappa shape index (κ3) is 4.31. The van der Waals surface area contributed by atoms with Crippen molar-refractivity contribution in [3.05, 3.63) is 70.3 Å². The Labute approximate surface area is 127 Å². The number of hydrogen-bond donors (Lipinski definition) is 1. The van der Waals surface area contributed by atoms with Crippen LogP contribution in [0.25, 0.3) is 0 Å². The van der Waals surface area contributed by atoms with Crippen molar-refractivity contribution >= 4 is 11.6 Å². The molecule has 1 atom stereocenters. The molecule has 0 aliphatic rings. The first-order valence-electron chi connectivity index (χ1n) is 6.78. The SMILES string of the molecule is C[C@H](NC(=O)COc1ccc([N+](=O)[O-])cc1)c1ccccc1. The zero-order valence-electron chi connectivity index (χ0n) is 12.1. The van der Waals surface area contributed by atoms with Crippen LogP contribution >= 0.6 is 0 Å². The Morgan fingerprint density at radius 1 is 1.18 bits per heavy atom. The molecule has 6 nitrogen and oxygen atoms in total. The van der Waals surface area contributed by atoms with Gasteiger partial charge in [-0.2, -0.15) is 0 Å². The molecule has 0 unspecified atom stereocenters. The molecular weight excluding hydrogens is 284 g/mol. The van der Waals surface area contributed by atoms with E-state index in [1.54, 1.807) is 0 Å². The van der Waals surface area contributed by atoms with Gasteiger partial charge in [-0.15, -0.1) is 0 Å². The van der Waals surface area contributed by atoms with Crippen molar-refractivity contribution in [1.82, 2.24) is 5.32 Å². The molecule has 0 bridgehead atoms. The number of hydrogen-bond acceptors (Lipinski definition) is 4. The lowest BCUT2D eigenvalue weighted by Crippen LogP contribution is -2.31. The smallest absolute Gasteiger partial charge is 0.269 e. The van der Waals surface area contributed by atoms with Crippen LogP contribution in [-0.4, -0.2) is 17.4 Å². The predicted molar refractivity (Wildman–Crippen MR) is 81.6 cm³/mol. The fourth-order valence-electron chi connectivity index (χ4n) is 1.92. The van der Waals surface area contributed by atoms with Gasteiger partial charge in [0.2, 0.25) is 0 Å². The first-order chi connectivity index (χ1) is 10.6. The number of benzene rings is 2. The maximum Gasteiger partial charge on any atom is 0.269 e. The topological polar surface area (TPSA) is 81.5 Å². The maximum absolute atomic E-state index is 11.8. The summed E-state index contributed by atoms with van der Waals surface area (Å²) >= 11 is 0. The normalized spacial score (nSPS) is 11.5. The molecular formula is C16H16N2O4. The summed E-state index contributed by atoms with van der Waals surface area (Å²) in [6.07, 6.45) is 0. The summed E-state index contributed by atoms with van der Waals surface area (Å²) in [5.41, 5.74) is 0.987. The van der Waals surface area contributed by atoms with Gasteiger partial charge in [0, 0.05) is 12.1 Å². The van der Waals surface area contributed by atoms with Crippen LogP contribution in [0.5, 0.6) is 5.75 Å². The number of nitrogens with one attached hydrogen (secondary N) is 1. The van der Waals surface area contributed by atoms with Crippen LogP contribution in [-0.2, 0) is 4.79 Å². The van der Waals surface area contributed by atoms with E-state index in [-0.39, 0.29) is 24.2 Å². The lowest BCUT2D eigenvalue weighted by molar-refractivity contribution is -0.384. The fraction of sp³-hybridized carbons (Fsp3) is 0.188. The van der Waals surface area contributed by atoms with E-state index in [1.807, 2.05) is 37.3 Å². The monoisotopic (exact) mass is 300 g/mol. The van der Waals surface area contributed by atoms with Crippen LogP contribution in [0, 0.1) is 10.1 Å². The molecule has 2 aromatic rings. The van der Waals surface area contributed by atoms with Crippen LogP contribution in [0.4, 0.5) is 5.69 Å². The Morgan fingerprint density at radius 2 is 1.82 bits per heavy atom. The maximum atomic E-state index is 11.8. The highest BCUT2D eigenvalue weighted by Gasteiger charge is 2.10. The van der Waals surface area contributed by atoms with E-state index in [0.717, 1.165) is 5.56 Å². The van der Waals surface area contributed by atoms with E-state index in [4.69, 9.17) is 4.74 Å². The zero-order valence-corrected chi connectivity index (χ0v) is 12.1. The summed E-state index contributed by atoms with van der Waals surface area (Å²) in [6, 6.07) is 15.1. The number of non-ortho nitro benzene ring substituents is 1. The molecule has 114 valence electrons. The Hall–Kier alpha value is -2.89. The highest BCUT2D eigenvalue weighted by Crippen LogP contribution is 2.17. The van der Waals surface area contributed by atoms with Gasteiger partial charge in [0.05, 0.1) is 11.0 Å². The van der Waals surface area contributed by atoms with Gasteiger partial charge in [0.25, 0.3) is 11.6 Å². The molecule has 1 N–H and O–H groups in total. The van der Waals surface area contributed by atoms with Gasteiger partial charge in [-0.1, -0.05) is 30.3 Å². The van der Waals surface area contributed by atoms with E-state index >= 15 is 0 Å². The standard InChI is InChI=1S/C16H16N2O4/c1-12(13-5-3-2-4-6-13)17-16(19)11-22-15-9-7-14(8-10-15)18(20)21/h2-10,12H,11H2,1H3,(H,17,19)/t12-/m0/s1. The van der Waals surface area contributed by atoms with E-state index in [2.05, 4.69) is 5.32 Å². The second-order valence-corrected chi connectivity index (χ2v) is 4.74. The van der Waals surface area contributed by atoms with Crippen LogP contribution in [0.1, 0.15) is 18.5 Å². The number of nitro groups is 1. The number of ether oxygens (including phenoxy) is 1. The van der Waals surface area contributed by atoms with Gasteiger partial charge in [-0.05, 0) is 24.6 Å².